The molecule has 1 amide bonds. The number of hydrogen-bond acceptors (Lipinski definition) is 11. The van der Waals surface area contributed by atoms with Crippen LogP contribution in [-0.2, 0) is 42.7 Å². The van der Waals surface area contributed by atoms with Crippen molar-refractivity contribution in [1.82, 2.24) is 5.32 Å². The molecule has 2 heterocycles. The molecule has 5 unspecified atom stereocenters. The van der Waals surface area contributed by atoms with Crippen molar-refractivity contribution < 1.29 is 47.8 Å². The van der Waals surface area contributed by atoms with Gasteiger partial charge in [-0.05, 0) is 25.7 Å². The number of aliphatic hydroxyl groups excluding tert-OH is 1. The van der Waals surface area contributed by atoms with Crippen molar-refractivity contribution in [3.05, 3.63) is 12.7 Å². The fourth-order valence-corrected chi connectivity index (χ4v) is 5.35. The SMILES string of the molecule is C=CCO[C@@H]1C(NC(C)=O)[C@@H](O)OC(COCCCC)[C@H]1OC1OC(COCCCC)[C@@H](OCCCC)[C@H](OCCCC)C1N. The normalized spacial score (nSPS) is 32.0. The van der Waals surface area contributed by atoms with Crippen LogP contribution >= 0.6 is 0 Å². The highest BCUT2D eigenvalue weighted by atomic mass is 16.7. The molecule has 0 aliphatic carbocycles. The van der Waals surface area contributed by atoms with Crippen LogP contribution in [0.25, 0.3) is 0 Å². The summed E-state index contributed by atoms with van der Waals surface area (Å²) in [4.78, 5) is 12.1. The summed E-state index contributed by atoms with van der Waals surface area (Å²) in [6, 6.07) is -1.65. The lowest BCUT2D eigenvalue weighted by molar-refractivity contribution is -0.335. The van der Waals surface area contributed by atoms with Gasteiger partial charge in [0.1, 0.15) is 42.7 Å². The van der Waals surface area contributed by atoms with Crippen LogP contribution in [0.2, 0.25) is 0 Å². The number of carbonyl (C=O) groups is 1. The summed E-state index contributed by atoms with van der Waals surface area (Å²) in [5.41, 5.74) is 6.89. The zero-order valence-electron chi connectivity index (χ0n) is 28.4. The van der Waals surface area contributed by atoms with E-state index in [4.69, 9.17) is 43.6 Å². The first-order valence-electron chi connectivity index (χ1n) is 17.1. The fourth-order valence-electron chi connectivity index (χ4n) is 5.35. The Kier molecular flexibility index (Phi) is 20.6. The number of carbonyl (C=O) groups excluding carboxylic acids is 1. The minimum Gasteiger partial charge on any atom is -0.379 e. The zero-order chi connectivity index (χ0) is 33.0. The molecule has 2 rings (SSSR count). The second-order valence-electron chi connectivity index (χ2n) is 11.8. The van der Waals surface area contributed by atoms with Gasteiger partial charge in [-0.25, -0.2) is 0 Å². The maximum absolute atomic E-state index is 12.1. The first kappa shape index (κ1) is 40.0. The summed E-state index contributed by atoms with van der Waals surface area (Å²) < 4.78 is 50.1. The van der Waals surface area contributed by atoms with E-state index < -0.39 is 61.3 Å². The van der Waals surface area contributed by atoms with Crippen molar-refractivity contribution in [3.63, 3.8) is 0 Å². The van der Waals surface area contributed by atoms with Gasteiger partial charge in [0.2, 0.25) is 5.91 Å². The van der Waals surface area contributed by atoms with Gasteiger partial charge in [0.05, 0.1) is 25.9 Å². The van der Waals surface area contributed by atoms with Crippen molar-refractivity contribution in [1.29, 1.82) is 0 Å². The first-order chi connectivity index (χ1) is 21.8. The van der Waals surface area contributed by atoms with E-state index in [0.717, 1.165) is 51.4 Å². The lowest BCUT2D eigenvalue weighted by atomic mass is 9.94. The minimum absolute atomic E-state index is 0.132. The van der Waals surface area contributed by atoms with E-state index in [0.29, 0.717) is 26.4 Å². The first-order valence-corrected chi connectivity index (χ1v) is 17.1. The Morgan fingerprint density at radius 3 is 1.87 bits per heavy atom. The molecule has 264 valence electrons. The van der Waals surface area contributed by atoms with Crippen LogP contribution in [0.1, 0.15) is 86.0 Å². The molecule has 0 radical (unpaired) electrons. The van der Waals surface area contributed by atoms with Gasteiger partial charge in [0.25, 0.3) is 0 Å². The van der Waals surface area contributed by atoms with Crippen LogP contribution in [0.15, 0.2) is 12.7 Å². The Morgan fingerprint density at radius 1 is 0.800 bits per heavy atom. The number of hydrogen-bond donors (Lipinski definition) is 3. The molecule has 2 saturated heterocycles. The summed E-state index contributed by atoms with van der Waals surface area (Å²) in [7, 11) is 0. The monoisotopic (exact) mass is 646 g/mol. The number of nitrogens with one attached hydrogen (secondary N) is 1. The molecule has 2 fully saturated rings. The molecule has 2 aliphatic heterocycles. The van der Waals surface area contributed by atoms with Crippen molar-refractivity contribution in [3.8, 4) is 0 Å². The van der Waals surface area contributed by atoms with Crippen molar-refractivity contribution in [2.45, 2.75) is 147 Å². The lowest BCUT2D eigenvalue weighted by Crippen LogP contribution is -2.69. The van der Waals surface area contributed by atoms with Gasteiger partial charge in [0.15, 0.2) is 12.6 Å². The molecule has 0 aromatic carbocycles. The standard InChI is InChI=1S/C33H62N2O10/c1-7-12-17-38-21-24-28(41-19-14-9-3)30(42-20-15-10-4)26(34)33(44-24)45-29-25(22-39-18-13-8-2)43-32(37)27(35-23(6)36)31(29)40-16-11-5/h11,24-33,37H,5,7-10,12-22,34H2,1-4,6H3,(H,35,36)/t24?,25?,26?,27?,28-,29-,30-,31-,32+,33?/m1/s1. The minimum atomic E-state index is -1.36. The molecule has 0 aromatic heterocycles. The molecule has 12 nitrogen and oxygen atoms in total. The molecule has 2 aliphatic rings. The maximum Gasteiger partial charge on any atom is 0.217 e. The van der Waals surface area contributed by atoms with Gasteiger partial charge in [-0.1, -0.05) is 59.5 Å². The fraction of sp³-hybridized carbons (Fsp3) is 0.909. The summed E-state index contributed by atoms with van der Waals surface area (Å²) in [6.45, 7) is 16.3. The van der Waals surface area contributed by atoms with Crippen LogP contribution in [-0.4, -0.2) is 119 Å². The second-order valence-corrected chi connectivity index (χ2v) is 11.8. The van der Waals surface area contributed by atoms with Gasteiger partial charge in [0, 0.05) is 33.4 Å². The summed E-state index contributed by atoms with van der Waals surface area (Å²) >= 11 is 0. The Balaban J connectivity index is 2.42. The van der Waals surface area contributed by atoms with Crippen molar-refractivity contribution in [2.24, 2.45) is 5.73 Å². The maximum atomic E-state index is 12.1. The molecular weight excluding hydrogens is 584 g/mol. The van der Waals surface area contributed by atoms with Crippen LogP contribution in [0.3, 0.4) is 0 Å². The third-order valence-electron chi connectivity index (χ3n) is 7.89. The molecule has 0 spiro atoms. The molecule has 4 N–H and O–H groups in total. The zero-order valence-corrected chi connectivity index (χ0v) is 28.4. The van der Waals surface area contributed by atoms with E-state index in [2.05, 4.69) is 39.6 Å². The average Bonchev–Trinajstić information content (AvgIpc) is 3.01. The third-order valence-corrected chi connectivity index (χ3v) is 7.89. The molecule has 0 aromatic rings. The summed E-state index contributed by atoms with van der Waals surface area (Å²) in [6.07, 6.45) is 2.88. The van der Waals surface area contributed by atoms with E-state index in [1.165, 1.54) is 6.92 Å². The van der Waals surface area contributed by atoms with E-state index >= 15 is 0 Å². The van der Waals surface area contributed by atoms with Gasteiger partial charge < -0.3 is 54.1 Å². The third kappa shape index (κ3) is 13.4. The molecule has 0 saturated carbocycles. The lowest BCUT2D eigenvalue weighted by Gasteiger charge is -2.49. The molecule has 45 heavy (non-hydrogen) atoms. The largest absolute Gasteiger partial charge is 0.379 e. The highest BCUT2D eigenvalue weighted by molar-refractivity contribution is 5.73. The van der Waals surface area contributed by atoms with E-state index in [1.807, 2.05) is 0 Å². The van der Waals surface area contributed by atoms with Crippen LogP contribution in [0.5, 0.6) is 0 Å². The highest BCUT2D eigenvalue weighted by Crippen LogP contribution is 2.32. The quantitative estimate of drug-likeness (QED) is 0.105. The Morgan fingerprint density at radius 2 is 1.33 bits per heavy atom. The molecule has 10 atom stereocenters. The smallest absolute Gasteiger partial charge is 0.217 e. The number of amides is 1. The van der Waals surface area contributed by atoms with Gasteiger partial charge in [-0.3, -0.25) is 4.79 Å². The number of ether oxygens (including phenoxy) is 8. The Hall–Kier alpha value is -1.19. The Labute approximate surface area is 270 Å². The number of rotatable bonds is 24. The van der Waals surface area contributed by atoms with Crippen molar-refractivity contribution >= 4 is 5.91 Å². The van der Waals surface area contributed by atoms with Gasteiger partial charge in [-0.15, -0.1) is 6.58 Å². The number of unbranched alkanes of at least 4 members (excludes halogenated alkanes) is 4. The van der Waals surface area contributed by atoms with Crippen molar-refractivity contribution in [2.75, 3.05) is 46.2 Å². The average molecular weight is 647 g/mol. The summed E-state index contributed by atoms with van der Waals surface area (Å²) in [5, 5.41) is 13.7. The molecule has 0 bridgehead atoms. The van der Waals surface area contributed by atoms with Crippen LogP contribution < -0.4 is 11.1 Å². The number of nitrogens with two attached hydrogens (primary N) is 1. The van der Waals surface area contributed by atoms with Crippen LogP contribution in [0.4, 0.5) is 0 Å². The topological polar surface area (TPSA) is 149 Å². The van der Waals surface area contributed by atoms with E-state index in [1.54, 1.807) is 6.08 Å². The summed E-state index contributed by atoms with van der Waals surface area (Å²) in [5.74, 6) is -0.349. The predicted molar refractivity (Wildman–Crippen MR) is 171 cm³/mol. The van der Waals surface area contributed by atoms with E-state index in [9.17, 15) is 9.90 Å². The predicted octanol–water partition coefficient (Wildman–Crippen LogP) is 3.22. The van der Waals surface area contributed by atoms with Gasteiger partial charge >= 0.3 is 0 Å². The van der Waals surface area contributed by atoms with Gasteiger partial charge in [-0.2, -0.15) is 0 Å². The molecular formula is C33H62N2O10. The molecule has 12 heteroatoms. The highest BCUT2D eigenvalue weighted by Gasteiger charge is 2.52. The number of aliphatic hydroxyl groups is 1. The van der Waals surface area contributed by atoms with E-state index in [-0.39, 0.29) is 25.7 Å². The second kappa shape index (κ2) is 23.2. The Bertz CT molecular complexity index is 793. The van der Waals surface area contributed by atoms with Crippen LogP contribution in [0, 0.1) is 0 Å².